The van der Waals surface area contributed by atoms with Gasteiger partial charge in [-0.25, -0.2) is 0 Å². The summed E-state index contributed by atoms with van der Waals surface area (Å²) in [6.07, 6.45) is 0.752. The van der Waals surface area contributed by atoms with E-state index in [0.29, 0.717) is 17.8 Å². The molecule has 0 aliphatic carbocycles. The van der Waals surface area contributed by atoms with Crippen molar-refractivity contribution in [3.05, 3.63) is 0 Å². The van der Waals surface area contributed by atoms with Crippen LogP contribution in [0.25, 0.3) is 0 Å². The van der Waals surface area contributed by atoms with Gasteiger partial charge in [-0.1, -0.05) is 27.7 Å². The van der Waals surface area contributed by atoms with Crippen molar-refractivity contribution >= 4 is 5.97 Å². The second-order valence-electron chi connectivity index (χ2n) is 5.47. The van der Waals surface area contributed by atoms with Crippen molar-refractivity contribution in [2.24, 2.45) is 23.2 Å². The molecule has 0 fully saturated rings. The molecule has 0 saturated carbocycles. The van der Waals surface area contributed by atoms with Crippen LogP contribution in [-0.2, 0) is 4.79 Å². The number of hydrogen-bond donors (Lipinski definition) is 1. The van der Waals surface area contributed by atoms with E-state index in [1.165, 1.54) is 0 Å². The fraction of sp³-hybridized carbons (Fsp3) is 0.917. The lowest BCUT2D eigenvalue weighted by Gasteiger charge is -2.29. The van der Waals surface area contributed by atoms with Crippen molar-refractivity contribution in [3.63, 3.8) is 0 Å². The van der Waals surface area contributed by atoms with Crippen LogP contribution in [0.2, 0.25) is 0 Å². The maximum atomic E-state index is 10.9. The molecule has 1 N–H and O–H groups in total. The summed E-state index contributed by atoms with van der Waals surface area (Å²) in [6.45, 7) is 12.3. The zero-order valence-corrected chi connectivity index (χ0v) is 10.3. The first-order valence-corrected chi connectivity index (χ1v) is 5.42. The SMILES string of the molecule is CC(C)C(C)C(C)CC(C)(C)C(=O)O. The minimum Gasteiger partial charge on any atom is -0.481 e. The van der Waals surface area contributed by atoms with Crippen molar-refractivity contribution in [1.82, 2.24) is 0 Å². The largest absolute Gasteiger partial charge is 0.481 e. The van der Waals surface area contributed by atoms with Crippen LogP contribution >= 0.6 is 0 Å². The highest BCUT2D eigenvalue weighted by Gasteiger charge is 2.31. The summed E-state index contributed by atoms with van der Waals surface area (Å²) in [5.74, 6) is 0.963. The predicted octanol–water partition coefficient (Wildman–Crippen LogP) is 3.42. The third kappa shape index (κ3) is 3.69. The molecule has 0 saturated heterocycles. The van der Waals surface area contributed by atoms with Crippen molar-refractivity contribution in [3.8, 4) is 0 Å². The van der Waals surface area contributed by atoms with Gasteiger partial charge in [-0.3, -0.25) is 4.79 Å². The molecule has 84 valence electrons. The van der Waals surface area contributed by atoms with Crippen LogP contribution in [0.15, 0.2) is 0 Å². The molecule has 2 atom stereocenters. The molecule has 0 aromatic carbocycles. The Labute approximate surface area is 87.7 Å². The molecule has 0 radical (unpaired) electrons. The standard InChI is InChI=1S/C12H24O2/c1-8(2)10(4)9(3)7-12(5,6)11(13)14/h8-10H,7H2,1-6H3,(H,13,14). The molecule has 0 aliphatic rings. The summed E-state index contributed by atoms with van der Waals surface area (Å²) in [5.41, 5.74) is -0.595. The lowest BCUT2D eigenvalue weighted by atomic mass is 9.75. The summed E-state index contributed by atoms with van der Waals surface area (Å²) < 4.78 is 0. The molecule has 0 heterocycles. The monoisotopic (exact) mass is 200 g/mol. The molecule has 2 heteroatoms. The highest BCUT2D eigenvalue weighted by molar-refractivity contribution is 5.73. The Hall–Kier alpha value is -0.530. The molecule has 0 aliphatic heterocycles. The Morgan fingerprint density at radius 1 is 1.21 bits per heavy atom. The number of carboxylic acids is 1. The maximum absolute atomic E-state index is 10.9. The zero-order chi connectivity index (χ0) is 11.5. The smallest absolute Gasteiger partial charge is 0.309 e. The van der Waals surface area contributed by atoms with Crippen LogP contribution in [0.3, 0.4) is 0 Å². The predicted molar refractivity (Wildman–Crippen MR) is 59.2 cm³/mol. The molecule has 2 nitrogen and oxygen atoms in total. The van der Waals surface area contributed by atoms with Crippen LogP contribution in [-0.4, -0.2) is 11.1 Å². The zero-order valence-electron chi connectivity index (χ0n) is 10.3. The van der Waals surface area contributed by atoms with E-state index in [2.05, 4.69) is 27.7 Å². The topological polar surface area (TPSA) is 37.3 Å². The average Bonchev–Trinajstić information content (AvgIpc) is 2.01. The van der Waals surface area contributed by atoms with Crippen molar-refractivity contribution in [1.29, 1.82) is 0 Å². The normalized spacial score (nSPS) is 16.8. The first-order chi connectivity index (χ1) is 6.18. The molecule has 2 unspecified atom stereocenters. The summed E-state index contributed by atoms with van der Waals surface area (Å²) in [7, 11) is 0. The summed E-state index contributed by atoms with van der Waals surface area (Å²) in [6, 6.07) is 0. The Bertz CT molecular complexity index is 194. The van der Waals surface area contributed by atoms with Gasteiger partial charge in [0.2, 0.25) is 0 Å². The highest BCUT2D eigenvalue weighted by Crippen LogP contribution is 2.32. The number of carboxylic acid groups (broad SMARTS) is 1. The first kappa shape index (κ1) is 13.5. The third-order valence-corrected chi connectivity index (χ3v) is 3.36. The molecular formula is C12H24O2. The van der Waals surface area contributed by atoms with Gasteiger partial charge in [-0.05, 0) is 38.0 Å². The molecule has 0 aromatic rings. The molecule has 0 amide bonds. The molecule has 0 spiro atoms. The van der Waals surface area contributed by atoms with Crippen LogP contribution in [0.5, 0.6) is 0 Å². The lowest BCUT2D eigenvalue weighted by Crippen LogP contribution is -2.29. The van der Waals surface area contributed by atoms with Crippen molar-refractivity contribution < 1.29 is 9.90 Å². The minimum absolute atomic E-state index is 0.459. The second-order valence-corrected chi connectivity index (χ2v) is 5.47. The summed E-state index contributed by atoms with van der Waals surface area (Å²) >= 11 is 0. The Kier molecular flexibility index (Phi) is 4.63. The van der Waals surface area contributed by atoms with Crippen LogP contribution in [0, 0.1) is 23.2 Å². The van der Waals surface area contributed by atoms with Gasteiger partial charge in [0, 0.05) is 0 Å². The van der Waals surface area contributed by atoms with Crippen LogP contribution in [0.4, 0.5) is 0 Å². The number of hydrogen-bond acceptors (Lipinski definition) is 1. The van der Waals surface area contributed by atoms with Gasteiger partial charge in [0.25, 0.3) is 0 Å². The number of carbonyl (C=O) groups is 1. The van der Waals surface area contributed by atoms with E-state index in [1.807, 2.05) is 0 Å². The van der Waals surface area contributed by atoms with Gasteiger partial charge >= 0.3 is 5.97 Å². The van der Waals surface area contributed by atoms with E-state index in [-0.39, 0.29) is 0 Å². The van der Waals surface area contributed by atoms with Gasteiger partial charge in [0.05, 0.1) is 5.41 Å². The Morgan fingerprint density at radius 3 is 1.93 bits per heavy atom. The fourth-order valence-corrected chi connectivity index (χ4v) is 1.74. The Balaban J connectivity index is 4.31. The van der Waals surface area contributed by atoms with Gasteiger partial charge in [-0.2, -0.15) is 0 Å². The summed E-state index contributed by atoms with van der Waals surface area (Å²) in [5, 5.41) is 9.01. The number of rotatable bonds is 5. The number of aliphatic carboxylic acids is 1. The molecule has 14 heavy (non-hydrogen) atoms. The molecule has 0 bridgehead atoms. The molecule has 0 aromatic heterocycles. The van der Waals surface area contributed by atoms with Gasteiger partial charge in [0.1, 0.15) is 0 Å². The molecular weight excluding hydrogens is 176 g/mol. The van der Waals surface area contributed by atoms with E-state index in [0.717, 1.165) is 6.42 Å². The van der Waals surface area contributed by atoms with Gasteiger partial charge in [-0.15, -0.1) is 0 Å². The highest BCUT2D eigenvalue weighted by atomic mass is 16.4. The summed E-state index contributed by atoms with van der Waals surface area (Å²) in [4.78, 5) is 10.9. The van der Waals surface area contributed by atoms with Crippen LogP contribution < -0.4 is 0 Å². The fourth-order valence-electron chi connectivity index (χ4n) is 1.74. The van der Waals surface area contributed by atoms with E-state index in [9.17, 15) is 4.79 Å². The van der Waals surface area contributed by atoms with Gasteiger partial charge < -0.3 is 5.11 Å². The minimum atomic E-state index is -0.694. The first-order valence-electron chi connectivity index (χ1n) is 5.42. The molecule has 0 rings (SSSR count). The van der Waals surface area contributed by atoms with Crippen molar-refractivity contribution in [2.45, 2.75) is 48.0 Å². The van der Waals surface area contributed by atoms with Crippen molar-refractivity contribution in [2.75, 3.05) is 0 Å². The van der Waals surface area contributed by atoms with E-state index < -0.39 is 11.4 Å². The quantitative estimate of drug-likeness (QED) is 0.738. The van der Waals surface area contributed by atoms with E-state index in [1.54, 1.807) is 13.8 Å². The second kappa shape index (κ2) is 4.81. The third-order valence-electron chi connectivity index (χ3n) is 3.36. The average molecular weight is 200 g/mol. The van der Waals surface area contributed by atoms with Crippen LogP contribution in [0.1, 0.15) is 48.0 Å². The lowest BCUT2D eigenvalue weighted by molar-refractivity contribution is -0.148. The van der Waals surface area contributed by atoms with Gasteiger partial charge in [0.15, 0.2) is 0 Å². The van der Waals surface area contributed by atoms with E-state index in [4.69, 9.17) is 5.11 Å². The maximum Gasteiger partial charge on any atom is 0.309 e. The Morgan fingerprint density at radius 2 is 1.64 bits per heavy atom. The van der Waals surface area contributed by atoms with E-state index >= 15 is 0 Å².